The number of anilines is 1. The molecular weight excluding hydrogens is 278 g/mol. The van der Waals surface area contributed by atoms with E-state index < -0.39 is 0 Å². The van der Waals surface area contributed by atoms with Gasteiger partial charge in [0, 0.05) is 11.7 Å². The second-order valence-electron chi connectivity index (χ2n) is 4.65. The van der Waals surface area contributed by atoms with Crippen molar-refractivity contribution < 1.29 is 4.79 Å². The highest BCUT2D eigenvalue weighted by atomic mass is 32.2. The first-order valence-electron chi connectivity index (χ1n) is 6.67. The van der Waals surface area contributed by atoms with Gasteiger partial charge < -0.3 is 5.32 Å². The highest BCUT2D eigenvalue weighted by Crippen LogP contribution is 2.27. The van der Waals surface area contributed by atoms with E-state index in [9.17, 15) is 4.79 Å². The van der Waals surface area contributed by atoms with Crippen molar-refractivity contribution in [3.05, 3.63) is 12.7 Å². The molecule has 1 aliphatic carbocycles. The summed E-state index contributed by atoms with van der Waals surface area (Å²) in [5.74, 6) is 1.07. The molecule has 0 spiro atoms. The Hall–Kier alpha value is -0.880. The number of rotatable bonds is 5. The Morgan fingerprint density at radius 2 is 2.11 bits per heavy atom. The molecule has 19 heavy (non-hydrogen) atoms. The number of hydrogen-bond acceptors (Lipinski definition) is 5. The lowest BCUT2D eigenvalue weighted by molar-refractivity contribution is -0.120. The monoisotopic (exact) mass is 297 g/mol. The third kappa shape index (κ3) is 4.62. The van der Waals surface area contributed by atoms with Gasteiger partial charge in [-0.15, -0.1) is 16.8 Å². The standard InChI is InChI=1S/C13H19N3OS2/c1-2-9-18-13-16-15-12(19-13)14-11(17)10-7-5-3-4-6-8-10/h2,10H,1,3-9H2,(H,14,15,17). The molecule has 0 saturated heterocycles. The largest absolute Gasteiger partial charge is 0.300 e. The predicted molar refractivity (Wildman–Crippen MR) is 80.7 cm³/mol. The van der Waals surface area contributed by atoms with Gasteiger partial charge in [0.1, 0.15) is 0 Å². The van der Waals surface area contributed by atoms with Gasteiger partial charge in [-0.1, -0.05) is 54.9 Å². The lowest BCUT2D eigenvalue weighted by Gasteiger charge is -2.11. The maximum atomic E-state index is 12.1. The fourth-order valence-electron chi connectivity index (χ4n) is 2.20. The van der Waals surface area contributed by atoms with E-state index in [2.05, 4.69) is 22.1 Å². The average Bonchev–Trinajstić information content (AvgIpc) is 2.68. The number of nitrogens with zero attached hydrogens (tertiary/aromatic N) is 2. The van der Waals surface area contributed by atoms with Crippen molar-refractivity contribution in [3.63, 3.8) is 0 Å². The Morgan fingerprint density at radius 3 is 2.79 bits per heavy atom. The summed E-state index contributed by atoms with van der Waals surface area (Å²) in [5, 5.41) is 11.6. The number of carbonyl (C=O) groups excluding carboxylic acids is 1. The van der Waals surface area contributed by atoms with Crippen LogP contribution < -0.4 is 5.32 Å². The van der Waals surface area contributed by atoms with Crippen molar-refractivity contribution in [1.29, 1.82) is 0 Å². The maximum Gasteiger partial charge on any atom is 0.229 e. The molecule has 1 aromatic heterocycles. The van der Waals surface area contributed by atoms with Crippen LogP contribution in [0.4, 0.5) is 5.13 Å². The van der Waals surface area contributed by atoms with E-state index in [-0.39, 0.29) is 11.8 Å². The Balaban J connectivity index is 1.86. The van der Waals surface area contributed by atoms with Gasteiger partial charge in [0.05, 0.1) is 0 Å². The lowest BCUT2D eigenvalue weighted by atomic mass is 10.00. The molecule has 0 aromatic carbocycles. The second kappa shape index (κ2) is 7.65. The first-order valence-corrected chi connectivity index (χ1v) is 8.48. The number of nitrogens with one attached hydrogen (secondary N) is 1. The number of thioether (sulfide) groups is 1. The Labute approximate surface area is 122 Å². The quantitative estimate of drug-likeness (QED) is 0.389. The molecule has 1 N–H and O–H groups in total. The zero-order valence-corrected chi connectivity index (χ0v) is 12.6. The number of aromatic nitrogens is 2. The minimum absolute atomic E-state index is 0.110. The Kier molecular flexibility index (Phi) is 5.85. The van der Waals surface area contributed by atoms with Crippen molar-refractivity contribution in [2.24, 2.45) is 5.92 Å². The van der Waals surface area contributed by atoms with Crippen LogP contribution in [-0.4, -0.2) is 21.9 Å². The molecule has 1 aromatic rings. The predicted octanol–water partition coefficient (Wildman–Crippen LogP) is 3.73. The lowest BCUT2D eigenvalue weighted by Crippen LogP contribution is -2.22. The van der Waals surface area contributed by atoms with Gasteiger partial charge in [-0.2, -0.15) is 0 Å². The molecule has 6 heteroatoms. The normalized spacial score (nSPS) is 16.8. The smallest absolute Gasteiger partial charge is 0.229 e. The van der Waals surface area contributed by atoms with E-state index in [1.807, 2.05) is 6.08 Å². The highest BCUT2D eigenvalue weighted by Gasteiger charge is 2.21. The molecule has 0 aliphatic heterocycles. The fourth-order valence-corrected chi connectivity index (χ4v) is 3.71. The molecular formula is C13H19N3OS2. The van der Waals surface area contributed by atoms with Crippen molar-refractivity contribution >= 4 is 34.1 Å². The van der Waals surface area contributed by atoms with E-state index in [1.165, 1.54) is 24.2 Å². The van der Waals surface area contributed by atoms with E-state index in [0.29, 0.717) is 5.13 Å². The van der Waals surface area contributed by atoms with Gasteiger partial charge in [0.15, 0.2) is 4.34 Å². The van der Waals surface area contributed by atoms with Gasteiger partial charge >= 0.3 is 0 Å². The molecule has 0 bridgehead atoms. The third-order valence-electron chi connectivity index (χ3n) is 3.19. The molecule has 1 fully saturated rings. The van der Waals surface area contributed by atoms with Crippen LogP contribution in [0.2, 0.25) is 0 Å². The molecule has 0 atom stereocenters. The third-order valence-corrected chi connectivity index (χ3v) is 5.16. The van der Waals surface area contributed by atoms with Crippen LogP contribution in [0.5, 0.6) is 0 Å². The summed E-state index contributed by atoms with van der Waals surface area (Å²) in [7, 11) is 0. The SMILES string of the molecule is C=CCSc1nnc(NC(=O)C2CCCCCC2)s1. The molecule has 1 aliphatic rings. The molecule has 1 amide bonds. The second-order valence-corrected chi connectivity index (χ2v) is 6.90. The zero-order chi connectivity index (χ0) is 13.5. The molecule has 1 saturated carbocycles. The van der Waals surface area contributed by atoms with E-state index >= 15 is 0 Å². The van der Waals surface area contributed by atoms with Crippen LogP contribution in [-0.2, 0) is 4.79 Å². The van der Waals surface area contributed by atoms with Crippen molar-refractivity contribution in [2.75, 3.05) is 11.1 Å². The van der Waals surface area contributed by atoms with Crippen molar-refractivity contribution in [1.82, 2.24) is 10.2 Å². The van der Waals surface area contributed by atoms with Crippen LogP contribution in [0.3, 0.4) is 0 Å². The average molecular weight is 297 g/mol. The number of amides is 1. The van der Waals surface area contributed by atoms with Crippen LogP contribution in [0.15, 0.2) is 17.0 Å². The van der Waals surface area contributed by atoms with E-state index in [1.54, 1.807) is 11.8 Å². The summed E-state index contributed by atoms with van der Waals surface area (Å²) in [4.78, 5) is 12.1. The number of hydrogen-bond donors (Lipinski definition) is 1. The molecule has 104 valence electrons. The van der Waals surface area contributed by atoms with Gasteiger partial charge in [-0.25, -0.2) is 0 Å². The molecule has 2 rings (SSSR count). The number of carbonyl (C=O) groups is 1. The van der Waals surface area contributed by atoms with Crippen LogP contribution in [0.25, 0.3) is 0 Å². The first kappa shape index (κ1) is 14.5. The van der Waals surface area contributed by atoms with Crippen LogP contribution in [0, 0.1) is 5.92 Å². The van der Waals surface area contributed by atoms with E-state index in [0.717, 1.165) is 35.8 Å². The molecule has 0 unspecified atom stereocenters. The summed E-state index contributed by atoms with van der Waals surface area (Å²) >= 11 is 3.01. The van der Waals surface area contributed by atoms with Gasteiger partial charge in [0.25, 0.3) is 0 Å². The summed E-state index contributed by atoms with van der Waals surface area (Å²) < 4.78 is 0.871. The summed E-state index contributed by atoms with van der Waals surface area (Å²) in [5.41, 5.74) is 0. The first-order chi connectivity index (χ1) is 9.29. The minimum Gasteiger partial charge on any atom is -0.300 e. The van der Waals surface area contributed by atoms with E-state index in [4.69, 9.17) is 0 Å². The van der Waals surface area contributed by atoms with Gasteiger partial charge in [-0.3, -0.25) is 4.79 Å². The van der Waals surface area contributed by atoms with Crippen molar-refractivity contribution in [3.8, 4) is 0 Å². The van der Waals surface area contributed by atoms with Crippen molar-refractivity contribution in [2.45, 2.75) is 42.9 Å². The van der Waals surface area contributed by atoms with Gasteiger partial charge in [-0.05, 0) is 12.8 Å². The molecule has 4 nitrogen and oxygen atoms in total. The summed E-state index contributed by atoms with van der Waals surface area (Å²) in [6, 6.07) is 0. The Morgan fingerprint density at radius 1 is 1.37 bits per heavy atom. The molecule has 0 radical (unpaired) electrons. The maximum absolute atomic E-state index is 12.1. The zero-order valence-electron chi connectivity index (χ0n) is 10.9. The van der Waals surface area contributed by atoms with Gasteiger partial charge in [0.2, 0.25) is 11.0 Å². The Bertz CT molecular complexity index is 425. The summed E-state index contributed by atoms with van der Waals surface area (Å²) in [6.45, 7) is 3.67. The molecule has 1 heterocycles. The van der Waals surface area contributed by atoms with Crippen LogP contribution in [0.1, 0.15) is 38.5 Å². The fraction of sp³-hybridized carbons (Fsp3) is 0.615. The topological polar surface area (TPSA) is 54.9 Å². The van der Waals surface area contributed by atoms with Crippen LogP contribution >= 0.6 is 23.1 Å². The highest BCUT2D eigenvalue weighted by molar-refractivity contribution is 8.01. The summed E-state index contributed by atoms with van der Waals surface area (Å²) in [6.07, 6.45) is 8.67. The minimum atomic E-state index is 0.110.